The Balaban J connectivity index is 1.92. The van der Waals surface area contributed by atoms with Crippen LogP contribution >= 0.6 is 0 Å². The van der Waals surface area contributed by atoms with Crippen molar-refractivity contribution in [3.05, 3.63) is 59.0 Å². The highest BCUT2D eigenvalue weighted by atomic mass is 16.3. The highest BCUT2D eigenvalue weighted by molar-refractivity contribution is 5.93. The molecule has 1 amide bonds. The van der Waals surface area contributed by atoms with Crippen molar-refractivity contribution in [3.8, 4) is 11.8 Å². The molecule has 2 rings (SSSR count). The molecular weight excluding hydrogens is 252 g/mol. The van der Waals surface area contributed by atoms with E-state index in [2.05, 4.69) is 17.2 Å². The monoisotopic (exact) mass is 268 g/mol. The van der Waals surface area contributed by atoms with Crippen molar-refractivity contribution in [2.45, 2.75) is 13.5 Å². The molecule has 0 aliphatic rings. The predicted octanol–water partition coefficient (Wildman–Crippen LogP) is 1.83. The Kier molecular flexibility index (Phi) is 4.59. The third kappa shape index (κ3) is 3.74. The maximum atomic E-state index is 11.8. The van der Waals surface area contributed by atoms with Gasteiger partial charge in [0.15, 0.2) is 0 Å². The van der Waals surface area contributed by atoms with E-state index in [1.54, 1.807) is 13.0 Å². The third-order valence-electron chi connectivity index (χ3n) is 2.73. The summed E-state index contributed by atoms with van der Waals surface area (Å²) < 4.78 is 5.10. The lowest BCUT2D eigenvalue weighted by atomic mass is 10.1. The molecule has 102 valence electrons. The molecule has 0 saturated heterocycles. The third-order valence-corrected chi connectivity index (χ3v) is 2.73. The van der Waals surface area contributed by atoms with E-state index < -0.39 is 0 Å². The van der Waals surface area contributed by atoms with E-state index in [-0.39, 0.29) is 5.91 Å². The van der Waals surface area contributed by atoms with E-state index >= 15 is 0 Å². The SMILES string of the molecule is Cc1cc(C(=O)NCc2ccc(C#CCN)cc2)co1. The molecule has 0 saturated carbocycles. The Labute approximate surface area is 118 Å². The van der Waals surface area contributed by atoms with Crippen LogP contribution in [0, 0.1) is 18.8 Å². The van der Waals surface area contributed by atoms with Crippen LogP contribution in [0.2, 0.25) is 0 Å². The van der Waals surface area contributed by atoms with Crippen LogP contribution in [0.15, 0.2) is 41.0 Å². The van der Waals surface area contributed by atoms with Crippen LogP contribution in [0.3, 0.4) is 0 Å². The molecule has 0 bridgehead atoms. The van der Waals surface area contributed by atoms with Crippen molar-refractivity contribution in [1.82, 2.24) is 5.32 Å². The van der Waals surface area contributed by atoms with Gasteiger partial charge in [0.1, 0.15) is 12.0 Å². The zero-order chi connectivity index (χ0) is 14.4. The topological polar surface area (TPSA) is 68.3 Å². The van der Waals surface area contributed by atoms with Crippen molar-refractivity contribution in [3.63, 3.8) is 0 Å². The number of nitrogens with one attached hydrogen (secondary N) is 1. The highest BCUT2D eigenvalue weighted by Crippen LogP contribution is 2.07. The molecular formula is C16H16N2O2. The van der Waals surface area contributed by atoms with Gasteiger partial charge in [-0.25, -0.2) is 0 Å². The Morgan fingerprint density at radius 1 is 1.35 bits per heavy atom. The van der Waals surface area contributed by atoms with Crippen molar-refractivity contribution in [2.75, 3.05) is 6.54 Å². The zero-order valence-corrected chi connectivity index (χ0v) is 11.3. The number of hydrogen-bond acceptors (Lipinski definition) is 3. The average molecular weight is 268 g/mol. The molecule has 0 radical (unpaired) electrons. The predicted molar refractivity (Wildman–Crippen MR) is 77.0 cm³/mol. The summed E-state index contributed by atoms with van der Waals surface area (Å²) in [5, 5.41) is 2.84. The second kappa shape index (κ2) is 6.60. The van der Waals surface area contributed by atoms with Gasteiger partial charge in [-0.1, -0.05) is 24.0 Å². The number of carbonyl (C=O) groups is 1. The maximum Gasteiger partial charge on any atom is 0.254 e. The number of hydrogen-bond donors (Lipinski definition) is 2. The summed E-state index contributed by atoms with van der Waals surface area (Å²) in [5.74, 6) is 6.32. The number of amides is 1. The van der Waals surface area contributed by atoms with Crippen LogP contribution in [0.25, 0.3) is 0 Å². The van der Waals surface area contributed by atoms with Crippen LogP contribution in [0.4, 0.5) is 0 Å². The highest BCUT2D eigenvalue weighted by Gasteiger charge is 2.07. The molecule has 0 spiro atoms. The maximum absolute atomic E-state index is 11.8. The summed E-state index contributed by atoms with van der Waals surface area (Å²) >= 11 is 0. The summed E-state index contributed by atoms with van der Waals surface area (Å²) in [6.07, 6.45) is 1.45. The van der Waals surface area contributed by atoms with Crippen LogP contribution < -0.4 is 11.1 Å². The van der Waals surface area contributed by atoms with Crippen LogP contribution in [0.1, 0.15) is 27.2 Å². The number of furan rings is 1. The van der Waals surface area contributed by atoms with Gasteiger partial charge in [0, 0.05) is 12.1 Å². The van der Waals surface area contributed by atoms with E-state index in [1.807, 2.05) is 24.3 Å². The zero-order valence-electron chi connectivity index (χ0n) is 11.3. The van der Waals surface area contributed by atoms with Gasteiger partial charge in [0.05, 0.1) is 12.1 Å². The first kappa shape index (κ1) is 13.9. The average Bonchev–Trinajstić information content (AvgIpc) is 2.90. The molecule has 4 heteroatoms. The smallest absolute Gasteiger partial charge is 0.254 e. The van der Waals surface area contributed by atoms with Crippen LogP contribution in [0.5, 0.6) is 0 Å². The lowest BCUT2D eigenvalue weighted by Crippen LogP contribution is -2.22. The first-order valence-electron chi connectivity index (χ1n) is 6.30. The molecule has 0 aliphatic carbocycles. The van der Waals surface area contributed by atoms with Crippen molar-refractivity contribution < 1.29 is 9.21 Å². The summed E-state index contributed by atoms with van der Waals surface area (Å²) in [5.41, 5.74) is 7.77. The minimum atomic E-state index is -0.145. The summed E-state index contributed by atoms with van der Waals surface area (Å²) in [4.78, 5) is 11.8. The first-order chi connectivity index (χ1) is 9.69. The van der Waals surface area contributed by atoms with Gasteiger partial charge in [0.2, 0.25) is 0 Å². The van der Waals surface area contributed by atoms with Gasteiger partial charge in [-0.15, -0.1) is 0 Å². The lowest BCUT2D eigenvalue weighted by molar-refractivity contribution is 0.0950. The van der Waals surface area contributed by atoms with E-state index in [1.165, 1.54) is 6.26 Å². The summed E-state index contributed by atoms with van der Waals surface area (Å²) in [6, 6.07) is 9.39. The number of aryl methyl sites for hydroxylation is 1. The molecule has 0 unspecified atom stereocenters. The summed E-state index contributed by atoms with van der Waals surface area (Å²) in [7, 11) is 0. The molecule has 0 aliphatic heterocycles. The molecule has 20 heavy (non-hydrogen) atoms. The van der Waals surface area contributed by atoms with E-state index in [9.17, 15) is 4.79 Å². The first-order valence-corrected chi connectivity index (χ1v) is 6.30. The fourth-order valence-electron chi connectivity index (χ4n) is 1.71. The van der Waals surface area contributed by atoms with Crippen molar-refractivity contribution in [1.29, 1.82) is 0 Å². The minimum Gasteiger partial charge on any atom is -0.469 e. The van der Waals surface area contributed by atoms with Gasteiger partial charge in [0.25, 0.3) is 5.91 Å². The second-order valence-corrected chi connectivity index (χ2v) is 4.33. The fraction of sp³-hybridized carbons (Fsp3) is 0.188. The second-order valence-electron chi connectivity index (χ2n) is 4.33. The molecule has 2 aromatic rings. The van der Waals surface area contributed by atoms with Crippen molar-refractivity contribution >= 4 is 5.91 Å². The van der Waals surface area contributed by atoms with Crippen molar-refractivity contribution in [2.24, 2.45) is 5.73 Å². The molecule has 1 heterocycles. The van der Waals surface area contributed by atoms with Crippen LogP contribution in [-0.2, 0) is 6.54 Å². The Morgan fingerprint density at radius 3 is 2.70 bits per heavy atom. The largest absolute Gasteiger partial charge is 0.469 e. The number of benzene rings is 1. The normalized spacial score (nSPS) is 9.70. The molecule has 1 aromatic carbocycles. The molecule has 1 aromatic heterocycles. The van der Waals surface area contributed by atoms with Gasteiger partial charge in [-0.05, 0) is 30.7 Å². The van der Waals surface area contributed by atoms with Gasteiger partial charge >= 0.3 is 0 Å². The minimum absolute atomic E-state index is 0.145. The van der Waals surface area contributed by atoms with Gasteiger partial charge in [-0.2, -0.15) is 0 Å². The summed E-state index contributed by atoms with van der Waals surface area (Å²) in [6.45, 7) is 2.62. The molecule has 0 atom stereocenters. The molecule has 4 nitrogen and oxygen atoms in total. The Morgan fingerprint density at radius 2 is 2.10 bits per heavy atom. The quantitative estimate of drug-likeness (QED) is 0.834. The number of nitrogens with two attached hydrogens (primary N) is 1. The van der Waals surface area contributed by atoms with E-state index in [0.29, 0.717) is 18.7 Å². The number of rotatable bonds is 3. The molecule has 3 N–H and O–H groups in total. The van der Waals surface area contributed by atoms with Gasteiger partial charge in [-0.3, -0.25) is 4.79 Å². The van der Waals surface area contributed by atoms with E-state index in [0.717, 1.165) is 16.9 Å². The Bertz CT molecular complexity index is 645. The molecule has 0 fully saturated rings. The fourth-order valence-corrected chi connectivity index (χ4v) is 1.71. The van der Waals surface area contributed by atoms with Crippen LogP contribution in [-0.4, -0.2) is 12.5 Å². The van der Waals surface area contributed by atoms with E-state index in [4.69, 9.17) is 10.2 Å². The Hall–Kier alpha value is -2.51. The lowest BCUT2D eigenvalue weighted by Gasteiger charge is -2.03. The number of carbonyl (C=O) groups excluding carboxylic acids is 1. The van der Waals surface area contributed by atoms with Gasteiger partial charge < -0.3 is 15.5 Å². The standard InChI is InChI=1S/C16H16N2O2/c1-12-9-15(11-20-12)16(19)18-10-14-6-4-13(5-7-14)3-2-8-17/h4-7,9,11H,8,10,17H2,1H3,(H,18,19).